The number of hydrogen-bond acceptors (Lipinski definition) is 6. The molecule has 3 aromatic rings. The second-order valence-corrected chi connectivity index (χ2v) is 6.89. The summed E-state index contributed by atoms with van der Waals surface area (Å²) < 4.78 is 15.7. The van der Waals surface area contributed by atoms with E-state index in [9.17, 15) is 0 Å². The van der Waals surface area contributed by atoms with Crippen LogP contribution in [0.5, 0.6) is 11.5 Å². The van der Waals surface area contributed by atoms with Crippen molar-refractivity contribution in [2.24, 2.45) is 0 Å². The summed E-state index contributed by atoms with van der Waals surface area (Å²) in [4.78, 5) is 0. The maximum atomic E-state index is 5.88. The molecular formula is C21H35Cl5N6O3. The Hall–Kier alpha value is -2.14. The van der Waals surface area contributed by atoms with E-state index in [1.807, 2.05) is 12.4 Å². The zero-order chi connectivity index (χ0) is 20.6. The first-order valence-corrected chi connectivity index (χ1v) is 9.61. The van der Waals surface area contributed by atoms with E-state index < -0.39 is 0 Å². The molecule has 0 saturated carbocycles. The highest BCUT2D eigenvalue weighted by molar-refractivity contribution is 5.86. The van der Waals surface area contributed by atoms with Crippen molar-refractivity contribution >= 4 is 72.4 Å². The number of ether oxygens (including phenoxy) is 2. The van der Waals surface area contributed by atoms with E-state index in [1.165, 1.54) is 0 Å². The number of aryl methyl sites for hydroxylation is 2. The maximum Gasteiger partial charge on any atom is 0.243 e. The van der Waals surface area contributed by atoms with Crippen LogP contribution in [0.1, 0.15) is 12.8 Å². The minimum atomic E-state index is 0. The summed E-state index contributed by atoms with van der Waals surface area (Å²) in [5, 5.41) is 0. The van der Waals surface area contributed by atoms with Crippen molar-refractivity contribution in [2.45, 2.75) is 25.9 Å². The molecule has 2 aromatic carbocycles. The van der Waals surface area contributed by atoms with Crippen LogP contribution in [-0.4, -0.2) is 23.3 Å². The molecule has 0 unspecified atom stereocenters. The Labute approximate surface area is 236 Å². The lowest BCUT2D eigenvalue weighted by atomic mass is 10.2. The van der Waals surface area contributed by atoms with E-state index in [-0.39, 0.29) is 67.5 Å². The molecule has 0 aliphatic carbocycles. The maximum absolute atomic E-state index is 5.88. The van der Waals surface area contributed by atoms with Crippen molar-refractivity contribution in [3.05, 3.63) is 55.1 Å². The van der Waals surface area contributed by atoms with Crippen LogP contribution in [0.4, 0.5) is 22.7 Å². The van der Waals surface area contributed by atoms with Gasteiger partial charge in [0.05, 0.1) is 37.7 Å². The number of nitrogen functional groups attached to an aromatic ring is 4. The number of hydrogen-bond donors (Lipinski definition) is 4. The first-order chi connectivity index (χ1) is 14.0. The molecule has 0 aliphatic rings. The van der Waals surface area contributed by atoms with Gasteiger partial charge in [0.1, 0.15) is 23.9 Å². The molecule has 0 atom stereocenters. The number of halogens is 5. The fourth-order valence-corrected chi connectivity index (χ4v) is 2.91. The van der Waals surface area contributed by atoms with Crippen LogP contribution in [-0.2, 0) is 13.1 Å². The van der Waals surface area contributed by atoms with Gasteiger partial charge in [0.25, 0.3) is 0 Å². The number of rotatable bonds is 10. The van der Waals surface area contributed by atoms with Gasteiger partial charge in [0.2, 0.25) is 6.33 Å². The Morgan fingerprint density at radius 2 is 1.23 bits per heavy atom. The van der Waals surface area contributed by atoms with Crippen LogP contribution in [0.2, 0.25) is 0 Å². The number of nitrogens with zero attached hydrogens (tertiary/aromatic N) is 2. The third-order valence-corrected chi connectivity index (χ3v) is 4.46. The van der Waals surface area contributed by atoms with Crippen LogP contribution in [0.25, 0.3) is 0 Å². The van der Waals surface area contributed by atoms with Crippen LogP contribution in [0.3, 0.4) is 0 Å². The summed E-state index contributed by atoms with van der Waals surface area (Å²) in [6.45, 7) is 2.85. The molecule has 1 aromatic heterocycles. The molecule has 0 spiro atoms. The van der Waals surface area contributed by atoms with Crippen molar-refractivity contribution in [1.29, 1.82) is 0 Å². The molecule has 10 N–H and O–H groups in total. The third-order valence-electron chi connectivity index (χ3n) is 4.46. The number of aromatic nitrogens is 2. The average molecular weight is 597 g/mol. The zero-order valence-corrected chi connectivity index (χ0v) is 23.0. The molecule has 9 nitrogen and oxygen atoms in total. The van der Waals surface area contributed by atoms with Crippen molar-refractivity contribution < 1.29 is 31.9 Å². The number of anilines is 4. The predicted octanol–water partition coefficient (Wildman–Crippen LogP) is -0.0909. The van der Waals surface area contributed by atoms with Gasteiger partial charge in [-0.25, -0.2) is 9.13 Å². The SMILES string of the molecule is Cl.Cl.Cl.Cl.Nc1ccc(N)c(OCCCn2cc[n+](CCCOc3cc(N)ccc3N)c2)c1.O.[Cl-]. The summed E-state index contributed by atoms with van der Waals surface area (Å²) in [5.74, 6) is 1.27. The molecule has 202 valence electrons. The van der Waals surface area contributed by atoms with Gasteiger partial charge in [0, 0.05) is 36.3 Å². The highest BCUT2D eigenvalue weighted by Gasteiger charge is 2.06. The number of benzene rings is 2. The largest absolute Gasteiger partial charge is 1.00 e. The summed E-state index contributed by atoms with van der Waals surface area (Å²) in [6, 6.07) is 10.5. The summed E-state index contributed by atoms with van der Waals surface area (Å²) in [5.41, 5.74) is 25.8. The fraction of sp³-hybridized carbons (Fsp3) is 0.286. The molecule has 0 saturated heterocycles. The second kappa shape index (κ2) is 20.1. The minimum absolute atomic E-state index is 0. The number of nitrogens with two attached hydrogens (primary N) is 4. The van der Waals surface area contributed by atoms with E-state index in [0.717, 1.165) is 25.9 Å². The Morgan fingerprint density at radius 3 is 1.74 bits per heavy atom. The molecular weight excluding hydrogens is 562 g/mol. The highest BCUT2D eigenvalue weighted by atomic mass is 35.5. The van der Waals surface area contributed by atoms with Crippen LogP contribution in [0.15, 0.2) is 55.1 Å². The first kappa shape index (κ1) is 40.0. The Bertz CT molecular complexity index is 891. The molecule has 35 heavy (non-hydrogen) atoms. The zero-order valence-electron chi connectivity index (χ0n) is 19.0. The summed E-state index contributed by atoms with van der Waals surface area (Å²) in [6.07, 6.45) is 7.89. The molecule has 0 radical (unpaired) electrons. The van der Waals surface area contributed by atoms with Crippen LogP contribution in [0, 0.1) is 0 Å². The lowest BCUT2D eigenvalue weighted by molar-refractivity contribution is -0.696. The summed E-state index contributed by atoms with van der Waals surface area (Å²) >= 11 is 0. The van der Waals surface area contributed by atoms with Gasteiger partial charge in [-0.3, -0.25) is 0 Å². The van der Waals surface area contributed by atoms with Gasteiger partial charge in [0.15, 0.2) is 0 Å². The van der Waals surface area contributed by atoms with E-state index in [4.69, 9.17) is 32.4 Å². The van der Waals surface area contributed by atoms with Crippen LogP contribution >= 0.6 is 49.6 Å². The van der Waals surface area contributed by atoms with Crippen LogP contribution < -0.4 is 49.4 Å². The standard InChI is InChI=1S/C21H29N6O2.5ClH.H2O/c22-16-3-5-18(24)20(13-16)28-11-1-7-26-9-10-27(15-26)8-2-12-29-21-14-17(23)4-6-19(21)25;;;;;;/h3-6,9-10,13-15H,1-2,7-8,11-12,22-25H2;5*1H;1H2/q+1;;;;;;/p-1. The topological polar surface area (TPSA) is 163 Å². The fourth-order valence-electron chi connectivity index (χ4n) is 2.91. The summed E-state index contributed by atoms with van der Waals surface area (Å²) in [7, 11) is 0. The van der Waals surface area contributed by atoms with Gasteiger partial charge in [-0.05, 0) is 24.3 Å². The third kappa shape index (κ3) is 12.9. The van der Waals surface area contributed by atoms with E-state index in [0.29, 0.717) is 47.5 Å². The Morgan fingerprint density at radius 1 is 0.743 bits per heavy atom. The molecule has 1 heterocycles. The normalized spacial score (nSPS) is 8.91. The average Bonchev–Trinajstić information content (AvgIpc) is 3.15. The van der Waals surface area contributed by atoms with Gasteiger partial charge >= 0.3 is 0 Å². The van der Waals surface area contributed by atoms with Crippen molar-refractivity contribution in [3.8, 4) is 11.5 Å². The molecule has 0 aliphatic heterocycles. The van der Waals surface area contributed by atoms with Gasteiger partial charge < -0.3 is 50.3 Å². The Balaban J connectivity index is -0.000000801. The van der Waals surface area contributed by atoms with E-state index >= 15 is 0 Å². The van der Waals surface area contributed by atoms with Crippen molar-refractivity contribution in [3.63, 3.8) is 0 Å². The molecule has 0 amide bonds. The molecule has 0 fully saturated rings. The van der Waals surface area contributed by atoms with E-state index in [2.05, 4.69) is 15.5 Å². The van der Waals surface area contributed by atoms with Gasteiger partial charge in [-0.2, -0.15) is 0 Å². The smallest absolute Gasteiger partial charge is 0.243 e. The lowest BCUT2D eigenvalue weighted by Crippen LogP contribution is -3.00. The first-order valence-electron chi connectivity index (χ1n) is 9.61. The van der Waals surface area contributed by atoms with Crippen molar-refractivity contribution in [2.75, 3.05) is 36.1 Å². The second-order valence-electron chi connectivity index (χ2n) is 6.89. The molecule has 14 heteroatoms. The lowest BCUT2D eigenvalue weighted by Gasteiger charge is -2.09. The quantitative estimate of drug-likeness (QED) is 0.145. The number of imidazole rings is 1. The molecule has 3 rings (SSSR count). The Kier molecular flexibility index (Phi) is 23.0. The van der Waals surface area contributed by atoms with Gasteiger partial charge in [-0.15, -0.1) is 49.6 Å². The monoisotopic (exact) mass is 594 g/mol. The molecule has 0 bridgehead atoms. The highest BCUT2D eigenvalue weighted by Crippen LogP contribution is 2.24. The van der Waals surface area contributed by atoms with Gasteiger partial charge in [-0.1, -0.05) is 0 Å². The predicted molar refractivity (Wildman–Crippen MR) is 148 cm³/mol. The van der Waals surface area contributed by atoms with E-state index in [1.54, 1.807) is 36.4 Å². The van der Waals surface area contributed by atoms with Crippen molar-refractivity contribution in [1.82, 2.24) is 4.57 Å². The minimum Gasteiger partial charge on any atom is -1.00 e.